The normalized spacial score (nSPS) is 10.2. The van der Waals surface area contributed by atoms with E-state index in [1.54, 1.807) is 5.32 Å². The van der Waals surface area contributed by atoms with Crippen LogP contribution in [0.3, 0.4) is 0 Å². The second-order valence-electron chi connectivity index (χ2n) is 3.04. The van der Waals surface area contributed by atoms with Crippen molar-refractivity contribution in [2.75, 3.05) is 7.05 Å². The van der Waals surface area contributed by atoms with Crippen molar-refractivity contribution in [3.05, 3.63) is 35.4 Å². The predicted molar refractivity (Wildman–Crippen MR) is 58.8 cm³/mol. The van der Waals surface area contributed by atoms with Crippen LogP contribution in [0.5, 0.6) is 0 Å². The maximum Gasteiger partial charge on any atom is 0.342 e. The molecule has 8 heteroatoms. The Balaban J connectivity index is 0.000000411. The number of hydrogen-bond donors (Lipinski definition) is 6. The highest BCUT2D eigenvalue weighted by Gasteiger charge is 2.13. The van der Waals surface area contributed by atoms with Crippen molar-refractivity contribution in [1.29, 1.82) is 0 Å². The van der Waals surface area contributed by atoms with E-state index in [0.29, 0.717) is 0 Å². The highest BCUT2D eigenvalue weighted by molar-refractivity contribution is 6.01. The SMILES string of the molecule is CNC(O)(O)O.O=C(O)c1ccccc1C(=O)O. The Morgan fingerprint density at radius 3 is 1.44 bits per heavy atom. The van der Waals surface area contributed by atoms with E-state index < -0.39 is 18.0 Å². The highest BCUT2D eigenvalue weighted by atomic mass is 16.7. The van der Waals surface area contributed by atoms with Crippen LogP contribution in [0.1, 0.15) is 20.7 Å². The Bertz CT molecular complexity index is 391. The minimum Gasteiger partial charge on any atom is -0.478 e. The van der Waals surface area contributed by atoms with Crippen LogP contribution in [0, 0.1) is 0 Å². The maximum atomic E-state index is 10.5. The summed E-state index contributed by atoms with van der Waals surface area (Å²) in [4.78, 5) is 20.9. The molecule has 1 aromatic carbocycles. The van der Waals surface area contributed by atoms with Gasteiger partial charge in [0.05, 0.1) is 11.1 Å². The van der Waals surface area contributed by atoms with Gasteiger partial charge in [-0.1, -0.05) is 12.1 Å². The molecule has 0 aliphatic carbocycles. The molecule has 1 aromatic rings. The molecule has 0 atom stereocenters. The zero-order chi connectivity index (χ0) is 14.3. The number of nitrogens with one attached hydrogen (secondary N) is 1. The van der Waals surface area contributed by atoms with Gasteiger partial charge in [0, 0.05) is 0 Å². The van der Waals surface area contributed by atoms with Crippen LogP contribution in [0.25, 0.3) is 0 Å². The van der Waals surface area contributed by atoms with Crippen LogP contribution < -0.4 is 5.32 Å². The molecule has 0 radical (unpaired) electrons. The minimum atomic E-state index is -2.71. The fourth-order valence-electron chi connectivity index (χ4n) is 0.856. The highest BCUT2D eigenvalue weighted by Crippen LogP contribution is 2.07. The van der Waals surface area contributed by atoms with E-state index in [-0.39, 0.29) is 11.1 Å². The van der Waals surface area contributed by atoms with Crippen LogP contribution in [-0.2, 0) is 0 Å². The Labute approximate surface area is 102 Å². The lowest BCUT2D eigenvalue weighted by Gasteiger charge is -2.09. The molecule has 8 nitrogen and oxygen atoms in total. The largest absolute Gasteiger partial charge is 0.478 e. The monoisotopic (exact) mass is 259 g/mol. The van der Waals surface area contributed by atoms with Gasteiger partial charge < -0.3 is 25.5 Å². The minimum absolute atomic E-state index is 0.190. The second kappa shape index (κ2) is 6.67. The third-order valence-electron chi connectivity index (χ3n) is 1.72. The Morgan fingerprint density at radius 2 is 1.28 bits per heavy atom. The summed E-state index contributed by atoms with van der Waals surface area (Å²) in [7, 11) is 1.21. The zero-order valence-electron chi connectivity index (χ0n) is 9.36. The summed E-state index contributed by atoms with van der Waals surface area (Å²) in [6, 6.07) is 5.48. The number of rotatable bonds is 3. The Kier molecular flexibility index (Phi) is 5.93. The maximum absolute atomic E-state index is 10.5. The zero-order valence-corrected chi connectivity index (χ0v) is 9.36. The van der Waals surface area contributed by atoms with Gasteiger partial charge in [-0.3, -0.25) is 0 Å². The first kappa shape index (κ1) is 16.0. The number of hydrogen-bond acceptors (Lipinski definition) is 6. The number of aromatic carboxylic acids is 2. The van der Waals surface area contributed by atoms with Crippen LogP contribution in [0.15, 0.2) is 24.3 Å². The lowest BCUT2D eigenvalue weighted by molar-refractivity contribution is -0.328. The smallest absolute Gasteiger partial charge is 0.342 e. The molecule has 100 valence electrons. The average molecular weight is 259 g/mol. The molecule has 0 saturated heterocycles. The molecule has 6 N–H and O–H groups in total. The van der Waals surface area contributed by atoms with Crippen molar-refractivity contribution in [3.63, 3.8) is 0 Å². The molecule has 0 bridgehead atoms. The van der Waals surface area contributed by atoms with Crippen LogP contribution in [0.2, 0.25) is 0 Å². The average Bonchev–Trinajstić information content (AvgIpc) is 2.28. The van der Waals surface area contributed by atoms with Gasteiger partial charge in [0.1, 0.15) is 0 Å². The second-order valence-corrected chi connectivity index (χ2v) is 3.04. The number of carbonyl (C=O) groups is 2. The Hall–Kier alpha value is -2.00. The van der Waals surface area contributed by atoms with Gasteiger partial charge in [-0.05, 0) is 19.2 Å². The van der Waals surface area contributed by atoms with Crippen LogP contribution >= 0.6 is 0 Å². The van der Waals surface area contributed by atoms with Gasteiger partial charge in [-0.2, -0.15) is 0 Å². The molecule has 0 fully saturated rings. The molecule has 0 aliphatic heterocycles. The third kappa shape index (κ3) is 5.92. The standard InChI is InChI=1S/C8H6O4.C2H7NO3/c9-7(10)5-3-1-2-4-6(5)8(11)12;1-3-2(4,5)6/h1-4H,(H,9,10)(H,11,12);3-6H,1H3. The first-order chi connectivity index (χ1) is 8.19. The van der Waals surface area contributed by atoms with E-state index in [2.05, 4.69) is 0 Å². The van der Waals surface area contributed by atoms with Gasteiger partial charge >= 0.3 is 18.0 Å². The van der Waals surface area contributed by atoms with Crippen molar-refractivity contribution in [3.8, 4) is 0 Å². The molecule has 0 heterocycles. The van der Waals surface area contributed by atoms with Crippen molar-refractivity contribution >= 4 is 11.9 Å². The topological polar surface area (TPSA) is 147 Å². The predicted octanol–water partition coefficient (Wildman–Crippen LogP) is -1.12. The first-order valence-electron chi connectivity index (χ1n) is 4.60. The molecule has 0 spiro atoms. The van der Waals surface area contributed by atoms with E-state index in [1.165, 1.54) is 31.3 Å². The fraction of sp³-hybridized carbons (Fsp3) is 0.200. The summed E-state index contributed by atoms with van der Waals surface area (Å²) in [6.45, 7) is 0. The van der Waals surface area contributed by atoms with E-state index in [4.69, 9.17) is 25.5 Å². The fourth-order valence-corrected chi connectivity index (χ4v) is 0.856. The van der Waals surface area contributed by atoms with Gasteiger partial charge in [-0.15, -0.1) is 0 Å². The Morgan fingerprint density at radius 1 is 1.00 bits per heavy atom. The van der Waals surface area contributed by atoms with Gasteiger partial charge in [-0.25, -0.2) is 14.9 Å². The number of carboxylic acids is 2. The third-order valence-corrected chi connectivity index (χ3v) is 1.72. The quantitative estimate of drug-likeness (QED) is 0.374. The summed E-state index contributed by atoms with van der Waals surface area (Å²) in [5.74, 6) is -2.46. The molecule has 0 aliphatic rings. The number of aliphatic hydroxyl groups is 3. The van der Waals surface area contributed by atoms with Crippen LogP contribution in [-0.4, -0.2) is 50.6 Å². The lowest BCUT2D eigenvalue weighted by atomic mass is 10.1. The van der Waals surface area contributed by atoms with Gasteiger partial charge in [0.15, 0.2) is 0 Å². The van der Waals surface area contributed by atoms with Crippen molar-refractivity contribution < 1.29 is 35.1 Å². The summed E-state index contributed by atoms with van der Waals surface area (Å²) in [6.07, 6.45) is -2.71. The van der Waals surface area contributed by atoms with E-state index in [0.717, 1.165) is 0 Å². The summed E-state index contributed by atoms with van der Waals surface area (Å²) in [5.41, 5.74) is -0.380. The summed E-state index contributed by atoms with van der Waals surface area (Å²) < 4.78 is 0. The van der Waals surface area contributed by atoms with E-state index in [1.807, 2.05) is 0 Å². The molecule has 0 unspecified atom stereocenters. The van der Waals surface area contributed by atoms with E-state index in [9.17, 15) is 9.59 Å². The lowest BCUT2D eigenvalue weighted by Crippen LogP contribution is -2.41. The summed E-state index contributed by atoms with van der Waals surface area (Å²) in [5, 5.41) is 42.4. The molecule has 0 saturated carbocycles. The first-order valence-corrected chi connectivity index (χ1v) is 4.60. The van der Waals surface area contributed by atoms with Gasteiger partial charge in [0.25, 0.3) is 0 Å². The molecule has 18 heavy (non-hydrogen) atoms. The molecule has 0 aromatic heterocycles. The molecule has 0 amide bonds. The van der Waals surface area contributed by atoms with Crippen molar-refractivity contribution in [2.45, 2.75) is 6.10 Å². The van der Waals surface area contributed by atoms with E-state index >= 15 is 0 Å². The van der Waals surface area contributed by atoms with Crippen molar-refractivity contribution in [1.82, 2.24) is 5.32 Å². The molecular formula is C10H13NO7. The number of benzene rings is 1. The summed E-state index contributed by atoms with van der Waals surface area (Å²) >= 11 is 0. The van der Waals surface area contributed by atoms with Crippen LogP contribution in [0.4, 0.5) is 0 Å². The van der Waals surface area contributed by atoms with Crippen molar-refractivity contribution in [2.24, 2.45) is 0 Å². The van der Waals surface area contributed by atoms with Gasteiger partial charge in [0.2, 0.25) is 0 Å². The molecule has 1 rings (SSSR count). The molecular weight excluding hydrogens is 246 g/mol. The number of carboxylic acid groups (broad SMARTS) is 2.